The minimum atomic E-state index is -0.947. The van der Waals surface area contributed by atoms with E-state index in [4.69, 9.17) is 16.7 Å². The summed E-state index contributed by atoms with van der Waals surface area (Å²) in [7, 11) is 1.25. The van der Waals surface area contributed by atoms with Crippen molar-refractivity contribution in [1.82, 2.24) is 0 Å². The number of carboxylic acids is 1. The molecule has 0 atom stereocenters. The number of carboxylic acid groups (broad SMARTS) is 1. The number of benzene rings is 1. The largest absolute Gasteiger partial charge is 0.481 e. The molecule has 0 saturated carbocycles. The Morgan fingerprint density at radius 3 is 2.60 bits per heavy atom. The maximum atomic E-state index is 11.1. The number of halogens is 1. The summed E-state index contributed by atoms with van der Waals surface area (Å²) in [6, 6.07) is 4.43. The summed E-state index contributed by atoms with van der Waals surface area (Å²) in [5, 5.41) is 8.74. The van der Waals surface area contributed by atoms with Crippen LogP contribution in [0, 0.1) is 0 Å². The van der Waals surface area contributed by atoms with Crippen LogP contribution in [0.2, 0.25) is 5.02 Å². The molecular formula is C10H9ClO4. The molecule has 4 nitrogen and oxygen atoms in total. The zero-order chi connectivity index (χ0) is 11.4. The van der Waals surface area contributed by atoms with Crippen LogP contribution in [-0.4, -0.2) is 24.2 Å². The second-order valence-electron chi connectivity index (χ2n) is 2.88. The Hall–Kier alpha value is -1.55. The molecule has 0 amide bonds. The molecule has 0 aliphatic carbocycles. The van der Waals surface area contributed by atoms with Crippen LogP contribution in [0.25, 0.3) is 0 Å². The highest BCUT2D eigenvalue weighted by atomic mass is 35.5. The first-order chi connectivity index (χ1) is 7.04. The number of rotatable bonds is 3. The summed E-state index contributed by atoms with van der Waals surface area (Å²) in [6.07, 6.45) is -0.124. The molecule has 0 aliphatic rings. The predicted octanol–water partition coefficient (Wildman–Crippen LogP) is 1.75. The number of aliphatic carboxylic acids is 1. The molecule has 0 heterocycles. The number of carbonyl (C=O) groups excluding carboxylic acids is 1. The van der Waals surface area contributed by atoms with E-state index in [1.807, 2.05) is 0 Å². The third kappa shape index (κ3) is 2.95. The Kier molecular flexibility index (Phi) is 3.68. The molecule has 1 aromatic rings. The Morgan fingerprint density at radius 2 is 2.13 bits per heavy atom. The Bertz CT molecular complexity index is 400. The molecule has 5 heteroatoms. The van der Waals surface area contributed by atoms with Gasteiger partial charge in [-0.15, -0.1) is 0 Å². The van der Waals surface area contributed by atoms with E-state index in [2.05, 4.69) is 4.74 Å². The highest BCUT2D eigenvalue weighted by Crippen LogP contribution is 2.19. The quantitative estimate of drug-likeness (QED) is 0.801. The smallest absolute Gasteiger partial charge is 0.339 e. The topological polar surface area (TPSA) is 63.6 Å². The predicted molar refractivity (Wildman–Crippen MR) is 54.1 cm³/mol. The van der Waals surface area contributed by atoms with Crippen molar-refractivity contribution in [2.45, 2.75) is 6.42 Å². The summed E-state index contributed by atoms with van der Waals surface area (Å²) in [6.45, 7) is 0. The number of hydrogen-bond donors (Lipinski definition) is 1. The van der Waals surface area contributed by atoms with Crippen LogP contribution in [0.3, 0.4) is 0 Å². The van der Waals surface area contributed by atoms with E-state index in [-0.39, 0.29) is 17.0 Å². The molecule has 80 valence electrons. The van der Waals surface area contributed by atoms with E-state index in [0.29, 0.717) is 5.56 Å². The maximum absolute atomic E-state index is 11.1. The van der Waals surface area contributed by atoms with Crippen molar-refractivity contribution in [3.63, 3.8) is 0 Å². The molecule has 0 radical (unpaired) electrons. The van der Waals surface area contributed by atoms with E-state index in [1.54, 1.807) is 0 Å². The molecule has 0 aromatic heterocycles. The fraction of sp³-hybridized carbons (Fsp3) is 0.200. The molecule has 1 aromatic carbocycles. The van der Waals surface area contributed by atoms with E-state index in [1.165, 1.54) is 25.3 Å². The van der Waals surface area contributed by atoms with Gasteiger partial charge in [0, 0.05) is 0 Å². The Labute approximate surface area is 91.4 Å². The van der Waals surface area contributed by atoms with Crippen molar-refractivity contribution in [2.75, 3.05) is 7.11 Å². The van der Waals surface area contributed by atoms with Crippen LogP contribution >= 0.6 is 11.6 Å². The van der Waals surface area contributed by atoms with Crippen LogP contribution in [0.15, 0.2) is 18.2 Å². The van der Waals surface area contributed by atoms with Gasteiger partial charge >= 0.3 is 11.9 Å². The van der Waals surface area contributed by atoms with Crippen molar-refractivity contribution in [2.24, 2.45) is 0 Å². The SMILES string of the molecule is COC(=O)c1ccc(CC(=O)O)cc1Cl. The summed E-state index contributed by atoms with van der Waals surface area (Å²) in [5.41, 5.74) is 0.772. The summed E-state index contributed by atoms with van der Waals surface area (Å²) < 4.78 is 4.50. The fourth-order valence-electron chi connectivity index (χ4n) is 1.12. The van der Waals surface area contributed by atoms with Crippen molar-refractivity contribution in [3.8, 4) is 0 Å². The summed E-state index contributed by atoms with van der Waals surface area (Å²) in [5.74, 6) is -1.49. The molecule has 0 bridgehead atoms. The van der Waals surface area contributed by atoms with Gasteiger partial charge in [-0.1, -0.05) is 17.7 Å². The van der Waals surface area contributed by atoms with Crippen molar-refractivity contribution >= 4 is 23.5 Å². The Balaban J connectivity index is 2.97. The van der Waals surface area contributed by atoms with Gasteiger partial charge < -0.3 is 9.84 Å². The van der Waals surface area contributed by atoms with Crippen LogP contribution < -0.4 is 0 Å². The molecule has 0 fully saturated rings. The first-order valence-electron chi connectivity index (χ1n) is 4.13. The van der Waals surface area contributed by atoms with Gasteiger partial charge in [0.1, 0.15) is 0 Å². The zero-order valence-electron chi connectivity index (χ0n) is 7.99. The van der Waals surface area contributed by atoms with Crippen LogP contribution in [0.1, 0.15) is 15.9 Å². The van der Waals surface area contributed by atoms with Gasteiger partial charge in [-0.2, -0.15) is 0 Å². The standard InChI is InChI=1S/C10H9ClO4/c1-15-10(14)7-3-2-6(4-8(7)11)5-9(12)13/h2-4H,5H2,1H3,(H,12,13). The monoisotopic (exact) mass is 228 g/mol. The van der Waals surface area contributed by atoms with E-state index < -0.39 is 11.9 Å². The Morgan fingerprint density at radius 1 is 1.47 bits per heavy atom. The number of hydrogen-bond acceptors (Lipinski definition) is 3. The number of methoxy groups -OCH3 is 1. The van der Waals surface area contributed by atoms with Crippen molar-refractivity contribution in [3.05, 3.63) is 34.3 Å². The van der Waals surface area contributed by atoms with Crippen LogP contribution in [-0.2, 0) is 16.0 Å². The van der Waals surface area contributed by atoms with E-state index in [9.17, 15) is 9.59 Å². The third-order valence-electron chi connectivity index (χ3n) is 1.79. The molecule has 1 N–H and O–H groups in total. The van der Waals surface area contributed by atoms with Crippen LogP contribution in [0.5, 0.6) is 0 Å². The second-order valence-corrected chi connectivity index (χ2v) is 3.28. The van der Waals surface area contributed by atoms with Crippen molar-refractivity contribution < 1.29 is 19.4 Å². The molecule has 1 rings (SSSR count). The maximum Gasteiger partial charge on any atom is 0.339 e. The minimum Gasteiger partial charge on any atom is -0.481 e. The molecule has 15 heavy (non-hydrogen) atoms. The first-order valence-corrected chi connectivity index (χ1v) is 4.51. The minimum absolute atomic E-state index is 0.124. The lowest BCUT2D eigenvalue weighted by Crippen LogP contribution is -2.04. The lowest BCUT2D eigenvalue weighted by molar-refractivity contribution is -0.136. The summed E-state index contributed by atoms with van der Waals surface area (Å²) >= 11 is 5.79. The van der Waals surface area contributed by atoms with E-state index in [0.717, 1.165) is 0 Å². The summed E-state index contributed by atoms with van der Waals surface area (Å²) in [4.78, 5) is 21.6. The van der Waals surface area contributed by atoms with Crippen LogP contribution in [0.4, 0.5) is 0 Å². The van der Waals surface area contributed by atoms with Gasteiger partial charge in [0.15, 0.2) is 0 Å². The van der Waals surface area contributed by atoms with Gasteiger partial charge in [0.25, 0.3) is 0 Å². The number of ether oxygens (including phenoxy) is 1. The van der Waals surface area contributed by atoms with E-state index >= 15 is 0 Å². The highest BCUT2D eigenvalue weighted by molar-refractivity contribution is 6.33. The number of esters is 1. The van der Waals surface area contributed by atoms with Gasteiger partial charge in [-0.3, -0.25) is 4.79 Å². The number of carbonyl (C=O) groups is 2. The molecule has 0 unspecified atom stereocenters. The zero-order valence-corrected chi connectivity index (χ0v) is 8.75. The average Bonchev–Trinajstić information content (AvgIpc) is 2.16. The van der Waals surface area contributed by atoms with Gasteiger partial charge in [0.2, 0.25) is 0 Å². The fourth-order valence-corrected chi connectivity index (χ4v) is 1.40. The molecule has 0 spiro atoms. The normalized spacial score (nSPS) is 9.73. The van der Waals surface area contributed by atoms with Gasteiger partial charge in [-0.25, -0.2) is 4.79 Å². The second kappa shape index (κ2) is 4.79. The highest BCUT2D eigenvalue weighted by Gasteiger charge is 2.11. The van der Waals surface area contributed by atoms with Gasteiger partial charge in [0.05, 0.1) is 24.1 Å². The van der Waals surface area contributed by atoms with Crippen molar-refractivity contribution in [1.29, 1.82) is 0 Å². The lowest BCUT2D eigenvalue weighted by atomic mass is 10.1. The van der Waals surface area contributed by atoms with Gasteiger partial charge in [-0.05, 0) is 17.7 Å². The third-order valence-corrected chi connectivity index (χ3v) is 2.11. The average molecular weight is 229 g/mol. The molecular weight excluding hydrogens is 220 g/mol. The molecule has 0 aliphatic heterocycles. The molecule has 0 saturated heterocycles. The first kappa shape index (κ1) is 11.5. The lowest BCUT2D eigenvalue weighted by Gasteiger charge is -2.03.